The van der Waals surface area contributed by atoms with Crippen LogP contribution in [0.15, 0.2) is 47.4 Å². The molecule has 1 fully saturated rings. The second-order valence-corrected chi connectivity index (χ2v) is 5.66. The number of aliphatic hydroxyl groups excluding tert-OH is 2. The fraction of sp³-hybridized carbons (Fsp3) is 0.312. The normalized spacial score (nSPS) is 25.2. The minimum atomic E-state index is -1.28. The Morgan fingerprint density at radius 3 is 2.65 bits per heavy atom. The number of amides is 1. The first-order valence-electron chi connectivity index (χ1n) is 7.80. The molecule has 0 radical (unpaired) electrons. The van der Waals surface area contributed by atoms with E-state index in [4.69, 9.17) is 10.6 Å². The van der Waals surface area contributed by atoms with Crippen molar-refractivity contribution in [1.82, 2.24) is 9.55 Å². The van der Waals surface area contributed by atoms with E-state index in [0.29, 0.717) is 5.56 Å². The van der Waals surface area contributed by atoms with Crippen molar-refractivity contribution >= 4 is 11.7 Å². The monoisotopic (exact) mass is 362 g/mol. The average Bonchev–Trinajstić information content (AvgIpc) is 2.98. The van der Waals surface area contributed by atoms with E-state index in [-0.39, 0.29) is 5.82 Å². The number of nitrogens with one attached hydrogen (secondary N) is 1. The molecule has 2 unspecified atom stereocenters. The molecular formula is C16H18N4O6. The molecule has 1 aliphatic heterocycles. The number of ether oxygens (including phenoxy) is 1. The Morgan fingerprint density at radius 1 is 1.35 bits per heavy atom. The minimum absolute atomic E-state index is 0.0536. The molecule has 0 bridgehead atoms. The summed E-state index contributed by atoms with van der Waals surface area (Å²) in [6.45, 7) is -0.442. The van der Waals surface area contributed by atoms with Gasteiger partial charge in [-0.15, -0.1) is 0 Å². The van der Waals surface area contributed by atoms with E-state index in [2.05, 4.69) is 15.1 Å². The minimum Gasteiger partial charge on any atom is -0.394 e. The van der Waals surface area contributed by atoms with Crippen molar-refractivity contribution in [2.24, 2.45) is 5.90 Å². The van der Waals surface area contributed by atoms with Gasteiger partial charge in [-0.25, -0.2) is 10.7 Å². The van der Waals surface area contributed by atoms with Crippen molar-refractivity contribution in [3.05, 3.63) is 58.6 Å². The summed E-state index contributed by atoms with van der Waals surface area (Å²) < 4.78 is 6.45. The predicted molar refractivity (Wildman–Crippen MR) is 89.0 cm³/mol. The van der Waals surface area contributed by atoms with E-state index in [1.807, 2.05) is 0 Å². The van der Waals surface area contributed by atoms with Crippen LogP contribution in [0, 0.1) is 0 Å². The molecule has 1 saturated heterocycles. The molecule has 1 aromatic heterocycles. The highest BCUT2D eigenvalue weighted by Gasteiger charge is 2.45. The maximum Gasteiger partial charge on any atom is 0.351 e. The van der Waals surface area contributed by atoms with E-state index in [1.54, 1.807) is 30.3 Å². The van der Waals surface area contributed by atoms with E-state index in [9.17, 15) is 19.8 Å². The molecule has 10 heteroatoms. The quantitative estimate of drug-likeness (QED) is 0.495. The van der Waals surface area contributed by atoms with Crippen LogP contribution in [0.4, 0.5) is 5.82 Å². The summed E-state index contributed by atoms with van der Waals surface area (Å²) in [5.41, 5.74) is -0.337. The van der Waals surface area contributed by atoms with E-state index < -0.39 is 42.7 Å². The largest absolute Gasteiger partial charge is 0.394 e. The molecule has 0 saturated carbocycles. The summed E-state index contributed by atoms with van der Waals surface area (Å²) in [5, 5.41) is 22.0. The van der Waals surface area contributed by atoms with Gasteiger partial charge >= 0.3 is 5.69 Å². The summed E-state index contributed by atoms with van der Waals surface area (Å²) >= 11 is 0. The van der Waals surface area contributed by atoms with Gasteiger partial charge in [0.2, 0.25) is 0 Å². The van der Waals surface area contributed by atoms with Gasteiger partial charge in [-0.3, -0.25) is 14.2 Å². The van der Waals surface area contributed by atoms with Gasteiger partial charge in [-0.1, -0.05) is 18.2 Å². The molecule has 1 amide bonds. The molecule has 4 atom stereocenters. The number of carbonyl (C=O) groups is 1. The number of nitrogens with zero attached hydrogens (tertiary/aromatic N) is 2. The summed E-state index contributed by atoms with van der Waals surface area (Å²) in [4.78, 5) is 32.7. The lowest BCUT2D eigenvalue weighted by atomic mass is 10.1. The first-order chi connectivity index (χ1) is 12.5. The molecule has 2 heterocycles. The predicted octanol–water partition coefficient (Wildman–Crippen LogP) is -0.995. The van der Waals surface area contributed by atoms with Crippen molar-refractivity contribution < 1.29 is 24.6 Å². The number of anilines is 1. The zero-order valence-corrected chi connectivity index (χ0v) is 13.6. The van der Waals surface area contributed by atoms with Gasteiger partial charge in [-0.2, -0.15) is 4.98 Å². The topological polar surface area (TPSA) is 149 Å². The van der Waals surface area contributed by atoms with Gasteiger partial charge in [0.25, 0.3) is 5.91 Å². The van der Waals surface area contributed by atoms with Gasteiger partial charge in [-0.05, 0) is 18.2 Å². The van der Waals surface area contributed by atoms with E-state index in [1.165, 1.54) is 12.3 Å². The van der Waals surface area contributed by atoms with Crippen LogP contribution in [0.3, 0.4) is 0 Å². The van der Waals surface area contributed by atoms with Crippen LogP contribution in [-0.2, 0) is 9.57 Å². The third-order valence-corrected chi connectivity index (χ3v) is 4.03. The van der Waals surface area contributed by atoms with E-state index >= 15 is 0 Å². The summed E-state index contributed by atoms with van der Waals surface area (Å²) in [6.07, 6.45) is -2.96. The number of benzene rings is 1. The number of rotatable bonds is 5. The maximum absolute atomic E-state index is 12.3. The summed E-state index contributed by atoms with van der Waals surface area (Å²) in [7, 11) is 0. The lowest BCUT2D eigenvalue weighted by Gasteiger charge is -2.18. The molecule has 2 aromatic rings. The second kappa shape index (κ2) is 7.72. The highest BCUT2D eigenvalue weighted by atomic mass is 16.7. The van der Waals surface area contributed by atoms with Crippen molar-refractivity contribution in [1.29, 1.82) is 0 Å². The van der Waals surface area contributed by atoms with E-state index in [0.717, 1.165) is 4.57 Å². The number of hydrogen-bond donors (Lipinski definition) is 4. The molecular weight excluding hydrogens is 344 g/mol. The smallest absolute Gasteiger partial charge is 0.351 e. The standard InChI is InChI=1S/C16H18N4O6/c17-26-13-10(8-21)25-15(12(13)22)20-7-6-11(19-16(20)24)18-14(23)9-4-2-1-3-5-9/h1-7,10,12-13,15,21-22H,8,17H2,(H,18,19,23,24)/t10-,12?,13?,15-/m1/s1. The first kappa shape index (κ1) is 18.2. The number of aliphatic hydroxyl groups is 2. The fourth-order valence-corrected chi connectivity index (χ4v) is 2.72. The molecule has 1 aliphatic rings. The SMILES string of the molecule is NOC1C(O)[C@H](n2ccc(NC(=O)c3ccccc3)nc2=O)O[C@@H]1CO. The number of hydrogen-bond acceptors (Lipinski definition) is 8. The number of carbonyl (C=O) groups excluding carboxylic acids is 1. The van der Waals surface area contributed by atoms with Crippen LogP contribution in [0.1, 0.15) is 16.6 Å². The zero-order valence-electron chi connectivity index (χ0n) is 13.6. The van der Waals surface area contributed by atoms with Crippen molar-refractivity contribution in [3.8, 4) is 0 Å². The molecule has 0 spiro atoms. The van der Waals surface area contributed by atoms with Gasteiger partial charge in [0.15, 0.2) is 6.23 Å². The van der Waals surface area contributed by atoms with Gasteiger partial charge < -0.3 is 20.3 Å². The van der Waals surface area contributed by atoms with Gasteiger partial charge in [0, 0.05) is 11.8 Å². The van der Waals surface area contributed by atoms with Crippen LogP contribution in [0.2, 0.25) is 0 Å². The van der Waals surface area contributed by atoms with Crippen molar-refractivity contribution in [3.63, 3.8) is 0 Å². The van der Waals surface area contributed by atoms with Crippen molar-refractivity contribution in [2.45, 2.75) is 24.5 Å². The summed E-state index contributed by atoms with van der Waals surface area (Å²) in [5.74, 6) is 4.74. The number of nitrogens with two attached hydrogens (primary N) is 1. The van der Waals surface area contributed by atoms with Crippen molar-refractivity contribution in [2.75, 3.05) is 11.9 Å². The molecule has 1 aromatic carbocycles. The zero-order chi connectivity index (χ0) is 18.7. The van der Waals surface area contributed by atoms with Crippen LogP contribution < -0.4 is 16.9 Å². The highest BCUT2D eigenvalue weighted by molar-refractivity contribution is 6.03. The molecule has 10 nitrogen and oxygen atoms in total. The Labute approximate surface area is 147 Å². The molecule has 0 aliphatic carbocycles. The highest BCUT2D eigenvalue weighted by Crippen LogP contribution is 2.29. The Morgan fingerprint density at radius 2 is 2.08 bits per heavy atom. The Kier molecular flexibility index (Phi) is 5.40. The molecule has 3 rings (SSSR count). The Balaban J connectivity index is 1.78. The van der Waals surface area contributed by atoms with Gasteiger partial charge in [0.05, 0.1) is 6.61 Å². The first-order valence-corrected chi connectivity index (χ1v) is 7.80. The maximum atomic E-state index is 12.3. The second-order valence-electron chi connectivity index (χ2n) is 5.66. The van der Waals surface area contributed by atoms with Crippen LogP contribution >= 0.6 is 0 Å². The Bertz CT molecular complexity index is 827. The van der Waals surface area contributed by atoms with Gasteiger partial charge in [0.1, 0.15) is 24.1 Å². The molecule has 26 heavy (non-hydrogen) atoms. The third kappa shape index (κ3) is 3.49. The number of aromatic nitrogens is 2. The van der Waals surface area contributed by atoms with Crippen LogP contribution in [-0.4, -0.2) is 50.6 Å². The third-order valence-electron chi connectivity index (χ3n) is 4.03. The molecule has 5 N–H and O–H groups in total. The fourth-order valence-electron chi connectivity index (χ4n) is 2.72. The Hall–Kier alpha value is -2.63. The van der Waals surface area contributed by atoms with Crippen LogP contribution in [0.25, 0.3) is 0 Å². The molecule has 138 valence electrons. The lowest BCUT2D eigenvalue weighted by molar-refractivity contribution is -0.0629. The summed E-state index contributed by atoms with van der Waals surface area (Å²) in [6, 6.07) is 9.85. The average molecular weight is 362 g/mol. The van der Waals surface area contributed by atoms with Crippen LogP contribution in [0.5, 0.6) is 0 Å². The lowest BCUT2D eigenvalue weighted by Crippen LogP contribution is -2.39.